The van der Waals surface area contributed by atoms with E-state index in [1.807, 2.05) is 6.07 Å². The summed E-state index contributed by atoms with van der Waals surface area (Å²) < 4.78 is 1.07. The Hall–Kier alpha value is -0.780. The van der Waals surface area contributed by atoms with Gasteiger partial charge in [0.05, 0.1) is 6.54 Å². The zero-order valence-electron chi connectivity index (χ0n) is 11.6. The van der Waals surface area contributed by atoms with Gasteiger partial charge < -0.3 is 5.32 Å². The van der Waals surface area contributed by atoms with Gasteiger partial charge in [-0.1, -0.05) is 33.3 Å². The first kappa shape index (κ1) is 14.6. The van der Waals surface area contributed by atoms with Gasteiger partial charge in [-0.25, -0.2) is 0 Å². The van der Waals surface area contributed by atoms with Crippen LogP contribution in [0.25, 0.3) is 10.6 Å². The van der Waals surface area contributed by atoms with Crippen molar-refractivity contribution in [3.05, 3.63) is 33.2 Å². The van der Waals surface area contributed by atoms with E-state index in [9.17, 15) is 0 Å². The molecule has 0 radical (unpaired) electrons. The monoisotopic (exact) mass is 339 g/mol. The van der Waals surface area contributed by atoms with Crippen molar-refractivity contribution in [3.8, 4) is 10.6 Å². The second kappa shape index (κ2) is 5.69. The fourth-order valence-electron chi connectivity index (χ4n) is 1.60. The van der Waals surface area contributed by atoms with Crippen molar-refractivity contribution in [2.45, 2.75) is 39.8 Å². The molecule has 0 aliphatic carbocycles. The number of aromatic nitrogens is 2. The highest BCUT2D eigenvalue weighted by Crippen LogP contribution is 2.29. The average molecular weight is 340 g/mol. The van der Waals surface area contributed by atoms with E-state index in [4.69, 9.17) is 0 Å². The van der Waals surface area contributed by atoms with Gasteiger partial charge in [-0.15, -0.1) is 10.2 Å². The predicted octanol–water partition coefficient (Wildman–Crippen LogP) is 4.16. The fourth-order valence-corrected chi connectivity index (χ4v) is 2.82. The highest BCUT2D eigenvalue weighted by molar-refractivity contribution is 9.10. The van der Waals surface area contributed by atoms with Crippen molar-refractivity contribution in [1.29, 1.82) is 0 Å². The van der Waals surface area contributed by atoms with Gasteiger partial charge in [-0.2, -0.15) is 0 Å². The minimum atomic E-state index is 0.0948. The van der Waals surface area contributed by atoms with E-state index >= 15 is 0 Å². The van der Waals surface area contributed by atoms with E-state index in [1.54, 1.807) is 11.3 Å². The molecular weight excluding hydrogens is 322 g/mol. The summed E-state index contributed by atoms with van der Waals surface area (Å²) in [6.07, 6.45) is 0. The highest BCUT2D eigenvalue weighted by atomic mass is 79.9. The summed E-state index contributed by atoms with van der Waals surface area (Å²) in [7, 11) is 0. The summed E-state index contributed by atoms with van der Waals surface area (Å²) in [5.41, 5.74) is 2.46. The number of halogens is 1. The van der Waals surface area contributed by atoms with Crippen LogP contribution < -0.4 is 5.32 Å². The van der Waals surface area contributed by atoms with Gasteiger partial charge in [0, 0.05) is 15.6 Å². The van der Waals surface area contributed by atoms with E-state index in [2.05, 4.69) is 71.3 Å². The first-order valence-corrected chi connectivity index (χ1v) is 7.80. The molecule has 1 aromatic heterocycles. The van der Waals surface area contributed by atoms with Gasteiger partial charge in [-0.3, -0.25) is 0 Å². The third kappa shape index (κ3) is 4.09. The Kier molecular flexibility index (Phi) is 4.38. The summed E-state index contributed by atoms with van der Waals surface area (Å²) in [5.74, 6) is 0. The molecule has 0 atom stereocenters. The van der Waals surface area contributed by atoms with Crippen molar-refractivity contribution >= 4 is 27.3 Å². The summed E-state index contributed by atoms with van der Waals surface area (Å²) >= 11 is 5.15. The molecular formula is C14H18BrN3S. The Labute approximate surface area is 126 Å². The lowest BCUT2D eigenvalue weighted by Gasteiger charge is -2.19. The summed E-state index contributed by atoms with van der Waals surface area (Å²) in [6, 6.07) is 6.23. The van der Waals surface area contributed by atoms with Crippen LogP contribution in [0, 0.1) is 6.92 Å². The summed E-state index contributed by atoms with van der Waals surface area (Å²) in [4.78, 5) is 0. The van der Waals surface area contributed by atoms with Gasteiger partial charge >= 0.3 is 0 Å². The van der Waals surface area contributed by atoms with Gasteiger partial charge in [0.2, 0.25) is 0 Å². The van der Waals surface area contributed by atoms with E-state index in [0.29, 0.717) is 0 Å². The zero-order chi connectivity index (χ0) is 14.0. The standard InChI is InChI=1S/C14H18BrN3S/c1-9-5-6-10(15)7-11(9)13-18-17-12(19-13)8-16-14(2,3)4/h5-7,16H,8H2,1-4H3. The van der Waals surface area contributed by atoms with Crippen LogP contribution in [0.15, 0.2) is 22.7 Å². The molecule has 5 heteroatoms. The van der Waals surface area contributed by atoms with Gasteiger partial charge in [0.25, 0.3) is 0 Å². The molecule has 19 heavy (non-hydrogen) atoms. The molecule has 1 aromatic carbocycles. The van der Waals surface area contributed by atoms with Crippen LogP contribution in [0.3, 0.4) is 0 Å². The molecule has 0 aliphatic heterocycles. The maximum absolute atomic E-state index is 4.30. The molecule has 0 bridgehead atoms. The topological polar surface area (TPSA) is 37.8 Å². The number of hydrogen-bond acceptors (Lipinski definition) is 4. The number of hydrogen-bond donors (Lipinski definition) is 1. The normalized spacial score (nSPS) is 11.8. The predicted molar refractivity (Wildman–Crippen MR) is 84.4 cm³/mol. The molecule has 2 rings (SSSR count). The van der Waals surface area contributed by atoms with Gasteiger partial charge in [-0.05, 0) is 45.4 Å². The molecule has 0 saturated heterocycles. The number of nitrogens with zero attached hydrogens (tertiary/aromatic N) is 2. The molecule has 1 heterocycles. The van der Waals surface area contributed by atoms with Crippen molar-refractivity contribution < 1.29 is 0 Å². The fraction of sp³-hybridized carbons (Fsp3) is 0.429. The smallest absolute Gasteiger partial charge is 0.148 e. The first-order valence-electron chi connectivity index (χ1n) is 6.19. The van der Waals surface area contributed by atoms with Crippen molar-refractivity contribution in [2.75, 3.05) is 0 Å². The molecule has 0 unspecified atom stereocenters. The zero-order valence-corrected chi connectivity index (χ0v) is 14.0. The van der Waals surface area contributed by atoms with Crippen LogP contribution >= 0.6 is 27.3 Å². The molecule has 0 spiro atoms. The highest BCUT2D eigenvalue weighted by Gasteiger charge is 2.13. The Morgan fingerprint density at radius 2 is 2.00 bits per heavy atom. The van der Waals surface area contributed by atoms with E-state index in [0.717, 1.165) is 26.6 Å². The van der Waals surface area contributed by atoms with Crippen LogP contribution in [0.2, 0.25) is 0 Å². The van der Waals surface area contributed by atoms with Crippen LogP contribution in [0.1, 0.15) is 31.3 Å². The average Bonchev–Trinajstić information content (AvgIpc) is 2.77. The molecule has 0 amide bonds. The second-order valence-electron chi connectivity index (χ2n) is 5.56. The maximum atomic E-state index is 4.30. The van der Waals surface area contributed by atoms with Crippen LogP contribution in [0.5, 0.6) is 0 Å². The molecule has 0 fully saturated rings. The van der Waals surface area contributed by atoms with E-state index < -0.39 is 0 Å². The lowest BCUT2D eigenvalue weighted by Crippen LogP contribution is -2.35. The molecule has 2 aromatic rings. The minimum Gasteiger partial charge on any atom is -0.306 e. The van der Waals surface area contributed by atoms with Crippen molar-refractivity contribution in [3.63, 3.8) is 0 Å². The SMILES string of the molecule is Cc1ccc(Br)cc1-c1nnc(CNC(C)(C)C)s1. The second-order valence-corrected chi connectivity index (χ2v) is 7.54. The Balaban J connectivity index is 2.19. The Morgan fingerprint density at radius 1 is 1.26 bits per heavy atom. The van der Waals surface area contributed by atoms with Crippen LogP contribution in [-0.4, -0.2) is 15.7 Å². The molecule has 3 nitrogen and oxygen atoms in total. The first-order chi connectivity index (χ1) is 8.85. The quantitative estimate of drug-likeness (QED) is 0.912. The van der Waals surface area contributed by atoms with Crippen molar-refractivity contribution in [1.82, 2.24) is 15.5 Å². The summed E-state index contributed by atoms with van der Waals surface area (Å²) in [5, 5.41) is 14.0. The molecule has 102 valence electrons. The Bertz CT molecular complexity index is 572. The summed E-state index contributed by atoms with van der Waals surface area (Å²) in [6.45, 7) is 9.29. The van der Waals surface area contributed by atoms with E-state index in [1.165, 1.54) is 5.56 Å². The Morgan fingerprint density at radius 3 is 2.68 bits per heavy atom. The minimum absolute atomic E-state index is 0.0948. The van der Waals surface area contributed by atoms with Crippen LogP contribution in [-0.2, 0) is 6.54 Å². The number of rotatable bonds is 3. The lowest BCUT2D eigenvalue weighted by atomic mass is 10.1. The number of aryl methyl sites for hydroxylation is 1. The maximum Gasteiger partial charge on any atom is 0.148 e. The molecule has 0 saturated carbocycles. The largest absolute Gasteiger partial charge is 0.306 e. The third-order valence-electron chi connectivity index (χ3n) is 2.67. The van der Waals surface area contributed by atoms with Gasteiger partial charge in [0.1, 0.15) is 10.0 Å². The number of benzene rings is 1. The van der Waals surface area contributed by atoms with E-state index in [-0.39, 0.29) is 5.54 Å². The van der Waals surface area contributed by atoms with Crippen LogP contribution in [0.4, 0.5) is 0 Å². The molecule has 0 aliphatic rings. The number of nitrogens with one attached hydrogen (secondary N) is 1. The molecule has 1 N–H and O–H groups in total. The third-order valence-corrected chi connectivity index (χ3v) is 4.12. The van der Waals surface area contributed by atoms with Crippen molar-refractivity contribution in [2.24, 2.45) is 0 Å². The lowest BCUT2D eigenvalue weighted by molar-refractivity contribution is 0.423. The van der Waals surface area contributed by atoms with Gasteiger partial charge in [0.15, 0.2) is 0 Å².